The van der Waals surface area contributed by atoms with Crippen LogP contribution in [0.15, 0.2) is 0 Å². The molecule has 0 N–H and O–H groups in total. The van der Waals surface area contributed by atoms with Gasteiger partial charge in [-0.1, -0.05) is 26.2 Å². The molecule has 0 aliphatic carbocycles. The van der Waals surface area contributed by atoms with E-state index in [2.05, 4.69) is 20.3 Å². The highest BCUT2D eigenvalue weighted by Crippen LogP contribution is 2.05. The predicted octanol–water partition coefficient (Wildman–Crippen LogP) is 3.57. The molecule has 9 heavy (non-hydrogen) atoms. The number of unbranched alkanes of at least 4 members (excludes halogenated alkanes) is 6. The Morgan fingerprint density at radius 2 is 1.67 bits per heavy atom. The van der Waals surface area contributed by atoms with Crippen LogP contribution in [-0.4, -0.2) is 0 Å². The van der Waals surface area contributed by atoms with E-state index in [-0.39, 0.29) is 0 Å². The molecule has 0 unspecified atom stereocenters. The monoisotopic (exact) mass is 127 g/mol. The molecule has 0 spiro atoms. The maximum Gasteiger partial charge on any atom is 0.0872 e. The summed E-state index contributed by atoms with van der Waals surface area (Å²) in [6.07, 6.45) is 10.6. The largest absolute Gasteiger partial charge is 0.0872 e. The molecule has 0 aliphatic heterocycles. The lowest BCUT2D eigenvalue weighted by molar-refractivity contribution is 0.629. The second-order valence-corrected chi connectivity index (χ2v) is 2.61. The van der Waals surface area contributed by atoms with Crippen LogP contribution in [0.25, 0.3) is 0 Å². The van der Waals surface area contributed by atoms with Crippen molar-refractivity contribution in [2.75, 3.05) is 0 Å². The predicted molar refractivity (Wildman–Crippen MR) is 43.4 cm³/mol. The first-order valence-electron chi connectivity index (χ1n) is 4.19. The molecule has 0 fully saturated rings. The molecule has 0 amide bonds. The van der Waals surface area contributed by atoms with Crippen molar-refractivity contribution in [1.82, 2.24) is 0 Å². The molecular weight excluding hydrogens is 108 g/mol. The highest BCUT2D eigenvalue weighted by Gasteiger charge is 1.90. The van der Waals surface area contributed by atoms with Crippen LogP contribution >= 0.6 is 0 Å². The minimum atomic E-state index is 1.31. The van der Waals surface area contributed by atoms with Gasteiger partial charge in [0.25, 0.3) is 0 Å². The van der Waals surface area contributed by atoms with Crippen LogP contribution in [0.4, 0.5) is 0 Å². The minimum Gasteiger partial charge on any atom is -0.0654 e. The first-order valence-corrected chi connectivity index (χ1v) is 4.19. The van der Waals surface area contributed by atoms with Crippen molar-refractivity contribution in [3.8, 4) is 0 Å². The van der Waals surface area contributed by atoms with Crippen LogP contribution in [0.2, 0.25) is 0 Å². The van der Waals surface area contributed by atoms with E-state index < -0.39 is 0 Å². The molecule has 0 aromatic heterocycles. The summed E-state index contributed by atoms with van der Waals surface area (Å²) in [6.45, 7) is 4.39. The molecule has 54 valence electrons. The molecule has 0 bridgehead atoms. The van der Waals surface area contributed by atoms with Gasteiger partial charge in [-0.05, 0) is 12.8 Å². The van der Waals surface area contributed by atoms with Crippen LogP contribution in [0.1, 0.15) is 52.4 Å². The second kappa shape index (κ2) is 7.87. The first-order chi connectivity index (χ1) is 4.41. The van der Waals surface area contributed by atoms with Gasteiger partial charge in [0, 0.05) is 0 Å². The van der Waals surface area contributed by atoms with Crippen LogP contribution in [-0.2, 0) is 0 Å². The van der Waals surface area contributed by atoms with Gasteiger partial charge < -0.3 is 0 Å². The average Bonchev–Trinajstić information content (AvgIpc) is 1.89. The van der Waals surface area contributed by atoms with E-state index in [0.29, 0.717) is 0 Å². The third kappa shape index (κ3) is 7.87. The fraction of sp³-hybridized carbons (Fsp3) is 0.889. The van der Waals surface area contributed by atoms with Crippen molar-refractivity contribution in [3.05, 3.63) is 6.42 Å². The molecule has 0 rings (SSSR count). The van der Waals surface area contributed by atoms with Crippen LogP contribution in [0.5, 0.6) is 0 Å². The van der Waals surface area contributed by atoms with Crippen LogP contribution < -0.4 is 0 Å². The van der Waals surface area contributed by atoms with E-state index in [1.165, 1.54) is 38.5 Å². The van der Waals surface area contributed by atoms with Crippen LogP contribution in [0.3, 0.4) is 0 Å². The van der Waals surface area contributed by atoms with Crippen molar-refractivity contribution in [1.29, 1.82) is 0 Å². The highest BCUT2D eigenvalue weighted by molar-refractivity contribution is 4.54. The Morgan fingerprint density at radius 1 is 1.00 bits per heavy atom. The van der Waals surface area contributed by atoms with Gasteiger partial charge in [-0.15, -0.1) is 0 Å². The van der Waals surface area contributed by atoms with E-state index in [0.717, 1.165) is 0 Å². The summed E-state index contributed by atoms with van der Waals surface area (Å²) in [6, 6.07) is 0. The van der Waals surface area contributed by atoms with Crippen molar-refractivity contribution in [2.24, 2.45) is 0 Å². The molecule has 0 saturated heterocycles. The normalized spacial score (nSPS) is 9.56. The maximum atomic E-state index is 2.26. The zero-order valence-electron chi connectivity index (χ0n) is 6.82. The third-order valence-corrected chi connectivity index (χ3v) is 1.60. The summed E-state index contributed by atoms with van der Waals surface area (Å²) in [7, 11) is 0. The molecule has 0 radical (unpaired) electrons. The Bertz CT molecular complexity index is 33.3. The molecule has 0 aromatic carbocycles. The SMILES string of the molecule is C[CH+]CCCCCCC. The number of hydrogen-bond donors (Lipinski definition) is 0. The minimum absolute atomic E-state index is 1.31. The summed E-state index contributed by atoms with van der Waals surface area (Å²) in [5.41, 5.74) is 0. The smallest absolute Gasteiger partial charge is 0.0654 e. The summed E-state index contributed by atoms with van der Waals surface area (Å²) in [4.78, 5) is 0. The summed E-state index contributed by atoms with van der Waals surface area (Å²) < 4.78 is 0. The molecule has 0 aliphatic rings. The Kier molecular flexibility index (Phi) is 7.76. The zero-order valence-corrected chi connectivity index (χ0v) is 6.82. The third-order valence-electron chi connectivity index (χ3n) is 1.60. The van der Waals surface area contributed by atoms with E-state index in [4.69, 9.17) is 0 Å². The number of hydrogen-bond acceptors (Lipinski definition) is 0. The molecule has 0 heterocycles. The van der Waals surface area contributed by atoms with Crippen molar-refractivity contribution in [3.63, 3.8) is 0 Å². The highest BCUT2D eigenvalue weighted by atomic mass is 13.9. The summed E-state index contributed by atoms with van der Waals surface area (Å²) in [5, 5.41) is 0. The number of rotatable bonds is 6. The van der Waals surface area contributed by atoms with Crippen LogP contribution in [0, 0.1) is 6.42 Å². The molecule has 0 heteroatoms. The lowest BCUT2D eigenvalue weighted by Crippen LogP contribution is -1.76. The van der Waals surface area contributed by atoms with Gasteiger partial charge in [-0.3, -0.25) is 0 Å². The fourth-order valence-corrected chi connectivity index (χ4v) is 0.952. The van der Waals surface area contributed by atoms with E-state index in [9.17, 15) is 0 Å². The van der Waals surface area contributed by atoms with Gasteiger partial charge in [-0.25, -0.2) is 0 Å². The quantitative estimate of drug-likeness (QED) is 0.378. The van der Waals surface area contributed by atoms with Gasteiger partial charge >= 0.3 is 0 Å². The van der Waals surface area contributed by atoms with Gasteiger partial charge in [-0.2, -0.15) is 0 Å². The van der Waals surface area contributed by atoms with Gasteiger partial charge in [0.1, 0.15) is 0 Å². The van der Waals surface area contributed by atoms with Crippen molar-refractivity contribution in [2.45, 2.75) is 52.4 Å². The Balaban J connectivity index is 2.60. The van der Waals surface area contributed by atoms with Gasteiger partial charge in [0.05, 0.1) is 19.8 Å². The molecule has 0 saturated carbocycles. The van der Waals surface area contributed by atoms with Gasteiger partial charge in [0.2, 0.25) is 0 Å². The second-order valence-electron chi connectivity index (χ2n) is 2.61. The standard InChI is InChI=1S/C9H19/c1-3-5-7-9-8-6-4-2/h3H,4-9H2,1-2H3/q+1. The molecular formula is C9H19+. The molecule has 0 aromatic rings. The summed E-state index contributed by atoms with van der Waals surface area (Å²) >= 11 is 0. The van der Waals surface area contributed by atoms with Crippen molar-refractivity contribution < 1.29 is 0 Å². The molecule has 0 nitrogen and oxygen atoms in total. The van der Waals surface area contributed by atoms with Crippen molar-refractivity contribution >= 4 is 0 Å². The van der Waals surface area contributed by atoms with E-state index >= 15 is 0 Å². The van der Waals surface area contributed by atoms with E-state index in [1.54, 1.807) is 0 Å². The Morgan fingerprint density at radius 3 is 2.22 bits per heavy atom. The van der Waals surface area contributed by atoms with E-state index in [1.807, 2.05) is 0 Å². The lowest BCUT2D eigenvalue weighted by Gasteiger charge is -1.92. The summed E-state index contributed by atoms with van der Waals surface area (Å²) in [5.74, 6) is 0. The lowest BCUT2D eigenvalue weighted by atomic mass is 10.1. The Hall–Kier alpha value is -0.130. The zero-order chi connectivity index (χ0) is 6.95. The topological polar surface area (TPSA) is 0 Å². The average molecular weight is 127 g/mol. The first kappa shape index (κ1) is 8.87. The molecule has 0 atom stereocenters. The maximum absolute atomic E-state index is 2.26. The fourth-order valence-electron chi connectivity index (χ4n) is 0.952. The van der Waals surface area contributed by atoms with Gasteiger partial charge in [0.15, 0.2) is 0 Å². The Labute approximate surface area is 59.7 Å².